The molecule has 0 bridgehead atoms. The third-order valence-electron chi connectivity index (χ3n) is 8.64. The molecule has 0 aromatic heterocycles. The second kappa shape index (κ2) is 6.86. The second-order valence-electron chi connectivity index (χ2n) is 10.1. The molecule has 4 aliphatic carbocycles. The SMILES string of the molecule is CC(=O)O[C@H]1CC[C@@]2(C)C(=C[C@H](O)[C@H]3[C@@H]4CC[C@H](OC(C)=O)[C@@]4(C)CC[C@@H]32)C1. The fourth-order valence-electron chi connectivity index (χ4n) is 7.30. The van der Waals surface area contributed by atoms with Gasteiger partial charge in [-0.25, -0.2) is 0 Å². The molecule has 0 spiro atoms. The summed E-state index contributed by atoms with van der Waals surface area (Å²) in [6.07, 6.45) is 8.17. The Bertz CT molecular complexity index is 699. The van der Waals surface area contributed by atoms with E-state index in [0.29, 0.717) is 11.8 Å². The quantitative estimate of drug-likeness (QED) is 0.574. The maximum atomic E-state index is 11.6. The van der Waals surface area contributed by atoms with Crippen molar-refractivity contribution in [3.63, 3.8) is 0 Å². The minimum atomic E-state index is -0.468. The summed E-state index contributed by atoms with van der Waals surface area (Å²) < 4.78 is 11.2. The van der Waals surface area contributed by atoms with Gasteiger partial charge in [-0.2, -0.15) is 0 Å². The number of esters is 2. The first-order chi connectivity index (χ1) is 13.1. The van der Waals surface area contributed by atoms with Crippen LogP contribution >= 0.6 is 0 Å². The Hall–Kier alpha value is -1.36. The normalized spacial score (nSPS) is 47.2. The van der Waals surface area contributed by atoms with E-state index < -0.39 is 6.10 Å². The fraction of sp³-hybridized carbons (Fsp3) is 0.826. The van der Waals surface area contributed by atoms with Crippen LogP contribution in [0.4, 0.5) is 0 Å². The minimum Gasteiger partial charge on any atom is -0.462 e. The number of aliphatic hydroxyl groups is 1. The van der Waals surface area contributed by atoms with E-state index in [1.54, 1.807) is 0 Å². The summed E-state index contributed by atoms with van der Waals surface area (Å²) >= 11 is 0. The predicted octanol–water partition coefficient (Wildman–Crippen LogP) is 3.78. The molecule has 4 rings (SSSR count). The molecule has 0 aliphatic heterocycles. The van der Waals surface area contributed by atoms with Crippen LogP contribution in [-0.4, -0.2) is 35.4 Å². The highest BCUT2D eigenvalue weighted by atomic mass is 16.5. The highest BCUT2D eigenvalue weighted by Crippen LogP contribution is 2.65. The standard InChI is InChI=1S/C23H34O5/c1-13(24)27-16-7-9-22(3)15(11-16)12-19(26)21-17-5-6-20(28-14(2)25)23(17,4)10-8-18(21)22/h12,16-21,26H,5-11H2,1-4H3/t16-,17-,18-,19-,20-,21-,22-,23-/m0/s1. The van der Waals surface area contributed by atoms with Gasteiger partial charge in [-0.15, -0.1) is 0 Å². The Labute approximate surface area is 167 Å². The number of hydrogen-bond donors (Lipinski definition) is 1. The van der Waals surface area contributed by atoms with Crippen LogP contribution in [0.1, 0.15) is 72.6 Å². The lowest BCUT2D eigenvalue weighted by atomic mass is 9.47. The largest absolute Gasteiger partial charge is 0.462 e. The molecule has 0 amide bonds. The van der Waals surface area contributed by atoms with Crippen molar-refractivity contribution in [2.45, 2.75) is 91.0 Å². The summed E-state index contributed by atoms with van der Waals surface area (Å²) in [6.45, 7) is 7.58. The van der Waals surface area contributed by atoms with Crippen molar-refractivity contribution in [3.05, 3.63) is 11.6 Å². The van der Waals surface area contributed by atoms with E-state index >= 15 is 0 Å². The van der Waals surface area contributed by atoms with Gasteiger partial charge in [0.2, 0.25) is 0 Å². The third-order valence-corrected chi connectivity index (χ3v) is 8.64. The van der Waals surface area contributed by atoms with Crippen LogP contribution in [0.3, 0.4) is 0 Å². The van der Waals surface area contributed by atoms with E-state index in [0.717, 1.165) is 44.9 Å². The highest BCUT2D eigenvalue weighted by Gasteiger charge is 2.61. The molecule has 156 valence electrons. The Morgan fingerprint density at radius 1 is 1.00 bits per heavy atom. The maximum absolute atomic E-state index is 11.6. The van der Waals surface area contributed by atoms with Crippen molar-refractivity contribution in [1.29, 1.82) is 0 Å². The molecule has 5 nitrogen and oxygen atoms in total. The molecule has 0 aromatic carbocycles. The van der Waals surface area contributed by atoms with Crippen LogP contribution in [0.25, 0.3) is 0 Å². The molecular weight excluding hydrogens is 356 g/mol. The van der Waals surface area contributed by atoms with Crippen molar-refractivity contribution < 1.29 is 24.2 Å². The lowest BCUT2D eigenvalue weighted by Gasteiger charge is -2.58. The zero-order chi connectivity index (χ0) is 20.3. The molecule has 0 heterocycles. The van der Waals surface area contributed by atoms with Gasteiger partial charge < -0.3 is 14.6 Å². The average molecular weight is 391 g/mol. The summed E-state index contributed by atoms with van der Waals surface area (Å²) in [5, 5.41) is 11.2. The van der Waals surface area contributed by atoms with Crippen LogP contribution in [0, 0.1) is 28.6 Å². The number of fused-ring (bicyclic) bond motifs is 5. The molecule has 0 radical (unpaired) electrons. The van der Waals surface area contributed by atoms with E-state index in [1.807, 2.05) is 0 Å². The van der Waals surface area contributed by atoms with Gasteiger partial charge in [0, 0.05) is 25.7 Å². The van der Waals surface area contributed by atoms with E-state index in [2.05, 4.69) is 19.9 Å². The fourth-order valence-corrected chi connectivity index (χ4v) is 7.30. The van der Waals surface area contributed by atoms with Gasteiger partial charge in [0.1, 0.15) is 12.2 Å². The van der Waals surface area contributed by atoms with Gasteiger partial charge in [-0.1, -0.05) is 25.5 Å². The molecule has 3 fully saturated rings. The Balaban J connectivity index is 1.61. The van der Waals surface area contributed by atoms with Gasteiger partial charge in [0.15, 0.2) is 0 Å². The molecule has 5 heteroatoms. The van der Waals surface area contributed by atoms with Crippen molar-refractivity contribution in [1.82, 2.24) is 0 Å². The number of rotatable bonds is 2. The minimum absolute atomic E-state index is 0.0268. The zero-order valence-electron chi connectivity index (χ0n) is 17.6. The first-order valence-electron chi connectivity index (χ1n) is 10.9. The van der Waals surface area contributed by atoms with Crippen LogP contribution in [0.15, 0.2) is 11.6 Å². The first-order valence-corrected chi connectivity index (χ1v) is 10.9. The first kappa shape index (κ1) is 19.9. The molecular formula is C23H34O5. The average Bonchev–Trinajstić information content (AvgIpc) is 2.92. The van der Waals surface area contributed by atoms with E-state index in [4.69, 9.17) is 9.47 Å². The molecule has 28 heavy (non-hydrogen) atoms. The van der Waals surface area contributed by atoms with Gasteiger partial charge >= 0.3 is 11.9 Å². The van der Waals surface area contributed by atoms with Gasteiger partial charge in [-0.05, 0) is 61.7 Å². The topological polar surface area (TPSA) is 72.8 Å². The van der Waals surface area contributed by atoms with E-state index in [9.17, 15) is 14.7 Å². The molecule has 1 N–H and O–H groups in total. The van der Waals surface area contributed by atoms with Gasteiger partial charge in [0.25, 0.3) is 0 Å². The van der Waals surface area contributed by atoms with Gasteiger partial charge in [-0.3, -0.25) is 9.59 Å². The number of hydrogen-bond acceptors (Lipinski definition) is 5. The summed E-state index contributed by atoms with van der Waals surface area (Å²) in [5.74, 6) is 0.621. The van der Waals surface area contributed by atoms with Crippen LogP contribution in [0.5, 0.6) is 0 Å². The molecule has 3 saturated carbocycles. The van der Waals surface area contributed by atoms with Crippen LogP contribution in [0.2, 0.25) is 0 Å². The zero-order valence-corrected chi connectivity index (χ0v) is 17.6. The number of ether oxygens (including phenoxy) is 2. The molecule has 4 aliphatic rings. The molecule has 0 unspecified atom stereocenters. The monoisotopic (exact) mass is 390 g/mol. The summed E-state index contributed by atoms with van der Waals surface area (Å²) in [7, 11) is 0. The smallest absolute Gasteiger partial charge is 0.302 e. The number of carbonyl (C=O) groups excluding carboxylic acids is 2. The maximum Gasteiger partial charge on any atom is 0.302 e. The van der Waals surface area contributed by atoms with Crippen LogP contribution in [-0.2, 0) is 19.1 Å². The summed E-state index contributed by atoms with van der Waals surface area (Å²) in [6, 6.07) is 0. The molecule has 8 atom stereocenters. The number of carbonyl (C=O) groups is 2. The highest BCUT2D eigenvalue weighted by molar-refractivity contribution is 5.66. The lowest BCUT2D eigenvalue weighted by Crippen LogP contribution is -2.55. The van der Waals surface area contributed by atoms with E-state index in [-0.39, 0.29) is 40.9 Å². The van der Waals surface area contributed by atoms with Crippen molar-refractivity contribution in [3.8, 4) is 0 Å². The van der Waals surface area contributed by atoms with Crippen molar-refractivity contribution in [2.24, 2.45) is 28.6 Å². The third kappa shape index (κ3) is 3.01. The lowest BCUT2D eigenvalue weighted by molar-refractivity contribution is -0.159. The van der Waals surface area contributed by atoms with E-state index in [1.165, 1.54) is 19.4 Å². The second-order valence-corrected chi connectivity index (χ2v) is 10.1. The Morgan fingerprint density at radius 2 is 1.71 bits per heavy atom. The Kier molecular flexibility index (Phi) is 4.88. The number of aliphatic hydroxyl groups excluding tert-OH is 1. The van der Waals surface area contributed by atoms with Crippen molar-refractivity contribution >= 4 is 11.9 Å². The van der Waals surface area contributed by atoms with Crippen molar-refractivity contribution in [2.75, 3.05) is 0 Å². The molecule has 0 aromatic rings. The van der Waals surface area contributed by atoms with Crippen LogP contribution < -0.4 is 0 Å². The molecule has 0 saturated heterocycles. The summed E-state index contributed by atoms with van der Waals surface area (Å²) in [4.78, 5) is 23.0. The van der Waals surface area contributed by atoms with Gasteiger partial charge in [0.05, 0.1) is 6.10 Å². The summed E-state index contributed by atoms with van der Waals surface area (Å²) in [5.41, 5.74) is 1.31. The predicted molar refractivity (Wildman–Crippen MR) is 104 cm³/mol. The Morgan fingerprint density at radius 3 is 2.39 bits per heavy atom.